The summed E-state index contributed by atoms with van der Waals surface area (Å²) in [5.74, 6) is 0.409. The van der Waals surface area contributed by atoms with Gasteiger partial charge in [0.05, 0.1) is 16.1 Å². The van der Waals surface area contributed by atoms with Crippen LogP contribution in [0.15, 0.2) is 47.6 Å². The van der Waals surface area contributed by atoms with Crippen molar-refractivity contribution in [2.45, 2.75) is 31.6 Å². The number of hydrogen-bond acceptors (Lipinski definition) is 5. The van der Waals surface area contributed by atoms with E-state index >= 15 is 0 Å². The number of nitrogens with one attached hydrogen (secondary N) is 2. The molecule has 0 atom stereocenters. The topological polar surface area (TPSA) is 114 Å². The molecule has 0 aliphatic heterocycles. The molecule has 146 valence electrons. The maximum Gasteiger partial charge on any atom is 0.252 e. The molecule has 8 heteroatoms. The average molecular weight is 391 g/mol. The van der Waals surface area contributed by atoms with E-state index in [9.17, 15) is 13.2 Å². The van der Waals surface area contributed by atoms with E-state index in [1.54, 1.807) is 24.4 Å². The lowest BCUT2D eigenvalue weighted by molar-refractivity contribution is 0.0954. The van der Waals surface area contributed by atoms with Crippen LogP contribution in [0.3, 0.4) is 0 Å². The Kier molecular flexibility index (Phi) is 7.32. The zero-order valence-electron chi connectivity index (χ0n) is 15.6. The normalized spacial score (nSPS) is 11.4. The Morgan fingerprint density at radius 1 is 1.15 bits per heavy atom. The van der Waals surface area contributed by atoms with E-state index in [-0.39, 0.29) is 10.8 Å². The highest BCUT2D eigenvalue weighted by Crippen LogP contribution is 2.11. The second kappa shape index (κ2) is 9.48. The summed E-state index contributed by atoms with van der Waals surface area (Å²) in [6.07, 6.45) is 4.85. The van der Waals surface area contributed by atoms with Gasteiger partial charge in [0.25, 0.3) is 5.91 Å². The average Bonchev–Trinajstić information content (AvgIpc) is 2.61. The third-order valence-electron chi connectivity index (χ3n) is 4.00. The van der Waals surface area contributed by atoms with Crippen LogP contribution in [0.4, 0.5) is 5.69 Å². The predicted molar refractivity (Wildman–Crippen MR) is 106 cm³/mol. The lowest BCUT2D eigenvalue weighted by Crippen LogP contribution is -2.26. The standard InChI is InChI=1S/C19H26N4O3S/c1-14(2)7-9-22-17-11-16(12-21-13-17)19(24)23-10-8-15-3-5-18(6-4-15)27(20,25)26/h3-6,11-14,22H,7-10H2,1-2H3,(H,23,24)(H2,20,25,26). The molecule has 2 rings (SSSR count). The first-order chi connectivity index (χ1) is 12.8. The second-order valence-electron chi connectivity index (χ2n) is 6.77. The molecule has 0 aliphatic carbocycles. The van der Waals surface area contributed by atoms with Gasteiger partial charge in [0.15, 0.2) is 0 Å². The molecule has 1 amide bonds. The second-order valence-corrected chi connectivity index (χ2v) is 8.33. The molecule has 7 nitrogen and oxygen atoms in total. The van der Waals surface area contributed by atoms with Gasteiger partial charge in [-0.05, 0) is 42.5 Å². The van der Waals surface area contributed by atoms with Crippen molar-refractivity contribution < 1.29 is 13.2 Å². The number of anilines is 1. The summed E-state index contributed by atoms with van der Waals surface area (Å²) in [6.45, 7) is 5.58. The van der Waals surface area contributed by atoms with E-state index in [2.05, 4.69) is 29.5 Å². The summed E-state index contributed by atoms with van der Waals surface area (Å²) in [5.41, 5.74) is 2.22. The highest BCUT2D eigenvalue weighted by Gasteiger charge is 2.08. The maximum absolute atomic E-state index is 12.3. The predicted octanol–water partition coefficient (Wildman–Crippen LogP) is 2.16. The Balaban J connectivity index is 1.85. The molecule has 1 aromatic heterocycles. The molecule has 1 aromatic carbocycles. The molecule has 2 aromatic rings. The Bertz CT molecular complexity index is 865. The fourth-order valence-electron chi connectivity index (χ4n) is 2.43. The van der Waals surface area contributed by atoms with E-state index in [1.165, 1.54) is 18.3 Å². The SMILES string of the molecule is CC(C)CCNc1cncc(C(=O)NCCc2ccc(S(N)(=O)=O)cc2)c1. The van der Waals surface area contributed by atoms with Gasteiger partial charge in [-0.1, -0.05) is 26.0 Å². The van der Waals surface area contributed by atoms with Crippen LogP contribution >= 0.6 is 0 Å². The van der Waals surface area contributed by atoms with E-state index < -0.39 is 10.0 Å². The number of carbonyl (C=O) groups is 1. The van der Waals surface area contributed by atoms with Gasteiger partial charge >= 0.3 is 0 Å². The zero-order valence-corrected chi connectivity index (χ0v) is 16.4. The van der Waals surface area contributed by atoms with E-state index in [0.29, 0.717) is 24.4 Å². The first kappa shape index (κ1) is 20.9. The smallest absolute Gasteiger partial charge is 0.252 e. The van der Waals surface area contributed by atoms with Crippen LogP contribution in [0.1, 0.15) is 36.2 Å². The first-order valence-corrected chi connectivity index (χ1v) is 10.4. The molecule has 27 heavy (non-hydrogen) atoms. The first-order valence-electron chi connectivity index (χ1n) is 8.84. The molecule has 0 bridgehead atoms. The lowest BCUT2D eigenvalue weighted by Gasteiger charge is -2.10. The number of amides is 1. The van der Waals surface area contributed by atoms with Crippen LogP contribution in [0.2, 0.25) is 0 Å². The molecule has 0 aliphatic rings. The summed E-state index contributed by atoms with van der Waals surface area (Å²) >= 11 is 0. The van der Waals surface area contributed by atoms with Crippen molar-refractivity contribution in [3.63, 3.8) is 0 Å². The largest absolute Gasteiger partial charge is 0.384 e. The molecule has 0 unspecified atom stereocenters. The molecule has 4 N–H and O–H groups in total. The molecule has 0 saturated carbocycles. The maximum atomic E-state index is 12.3. The van der Waals surface area contributed by atoms with Gasteiger partial charge < -0.3 is 10.6 Å². The third kappa shape index (κ3) is 6.99. The summed E-state index contributed by atoms with van der Waals surface area (Å²) in [5, 5.41) is 11.2. The van der Waals surface area contributed by atoms with Gasteiger partial charge in [-0.3, -0.25) is 9.78 Å². The Morgan fingerprint density at radius 3 is 2.48 bits per heavy atom. The van der Waals surface area contributed by atoms with Gasteiger partial charge in [0.1, 0.15) is 0 Å². The van der Waals surface area contributed by atoms with E-state index in [1.807, 2.05) is 0 Å². The minimum Gasteiger partial charge on any atom is -0.384 e. The van der Waals surface area contributed by atoms with E-state index in [0.717, 1.165) is 24.2 Å². The highest BCUT2D eigenvalue weighted by molar-refractivity contribution is 7.89. The quantitative estimate of drug-likeness (QED) is 0.607. The summed E-state index contributed by atoms with van der Waals surface area (Å²) in [4.78, 5) is 16.5. The molecular weight excluding hydrogens is 364 g/mol. The van der Waals surface area contributed by atoms with Gasteiger partial charge in [0.2, 0.25) is 10.0 Å². The van der Waals surface area contributed by atoms with Gasteiger partial charge in [-0.2, -0.15) is 0 Å². The number of aromatic nitrogens is 1. The van der Waals surface area contributed by atoms with Crippen molar-refractivity contribution in [2.24, 2.45) is 11.1 Å². The monoisotopic (exact) mass is 390 g/mol. The lowest BCUT2D eigenvalue weighted by atomic mass is 10.1. The number of hydrogen-bond donors (Lipinski definition) is 3. The van der Waals surface area contributed by atoms with Crippen molar-refractivity contribution in [1.29, 1.82) is 0 Å². The van der Waals surface area contributed by atoms with Crippen LogP contribution in [0, 0.1) is 5.92 Å². The molecule has 0 spiro atoms. The van der Waals surface area contributed by atoms with Gasteiger partial charge in [0, 0.05) is 25.5 Å². The summed E-state index contributed by atoms with van der Waals surface area (Å²) in [6, 6.07) is 8.08. The molecule has 1 heterocycles. The van der Waals surface area contributed by atoms with Crippen LogP contribution in [0.25, 0.3) is 0 Å². The number of primary sulfonamides is 1. The van der Waals surface area contributed by atoms with E-state index in [4.69, 9.17) is 5.14 Å². The fourth-order valence-corrected chi connectivity index (χ4v) is 2.95. The summed E-state index contributed by atoms with van der Waals surface area (Å²) in [7, 11) is -3.69. The number of nitrogens with zero attached hydrogens (tertiary/aromatic N) is 1. The number of nitrogens with two attached hydrogens (primary N) is 1. The van der Waals surface area contributed by atoms with Crippen LogP contribution in [-0.2, 0) is 16.4 Å². The van der Waals surface area contributed by atoms with Crippen molar-refractivity contribution in [2.75, 3.05) is 18.4 Å². The van der Waals surface area contributed by atoms with Crippen molar-refractivity contribution in [3.8, 4) is 0 Å². The molecule has 0 fully saturated rings. The fraction of sp³-hybridized carbons (Fsp3) is 0.368. The number of rotatable bonds is 9. The Morgan fingerprint density at radius 2 is 1.85 bits per heavy atom. The molecule has 0 radical (unpaired) electrons. The molecule has 0 saturated heterocycles. The van der Waals surface area contributed by atoms with Crippen molar-refractivity contribution >= 4 is 21.6 Å². The number of benzene rings is 1. The minimum atomic E-state index is -3.69. The van der Waals surface area contributed by atoms with Gasteiger partial charge in [-0.25, -0.2) is 13.6 Å². The number of sulfonamides is 1. The Labute approximate surface area is 160 Å². The number of pyridine rings is 1. The minimum absolute atomic E-state index is 0.0724. The number of carbonyl (C=O) groups excluding carboxylic acids is 1. The van der Waals surface area contributed by atoms with Crippen LogP contribution in [-0.4, -0.2) is 32.4 Å². The Hall–Kier alpha value is -2.45. The van der Waals surface area contributed by atoms with Crippen molar-refractivity contribution in [1.82, 2.24) is 10.3 Å². The van der Waals surface area contributed by atoms with Crippen LogP contribution in [0.5, 0.6) is 0 Å². The third-order valence-corrected chi connectivity index (χ3v) is 4.93. The van der Waals surface area contributed by atoms with Gasteiger partial charge in [-0.15, -0.1) is 0 Å². The highest BCUT2D eigenvalue weighted by atomic mass is 32.2. The summed E-state index contributed by atoms with van der Waals surface area (Å²) < 4.78 is 22.5. The van der Waals surface area contributed by atoms with Crippen molar-refractivity contribution in [3.05, 3.63) is 53.9 Å². The molecular formula is C19H26N4O3S. The zero-order chi connectivity index (χ0) is 19.9. The van der Waals surface area contributed by atoms with Crippen LogP contribution < -0.4 is 15.8 Å².